The van der Waals surface area contributed by atoms with E-state index in [1.54, 1.807) is 13.2 Å². The monoisotopic (exact) mass is 354 g/mol. The van der Waals surface area contributed by atoms with E-state index in [4.69, 9.17) is 14.3 Å². The standard InChI is InChI=1S/C15H18N2O6S/c1-3-24(20,21)17(15(18)19)13-4-6-14(7-5-13)22-9-8-12-10-23-11(2)16-12/h4-7,10H,3,8-9H2,1-2H3,(H,18,19). The first-order valence-corrected chi connectivity index (χ1v) is 8.84. The van der Waals surface area contributed by atoms with Crippen LogP contribution >= 0.6 is 0 Å². The van der Waals surface area contributed by atoms with Crippen LogP contribution < -0.4 is 9.04 Å². The number of aryl methyl sites for hydroxylation is 1. The smallest absolute Gasteiger partial charge is 0.425 e. The Hall–Kier alpha value is -2.55. The highest BCUT2D eigenvalue weighted by Crippen LogP contribution is 2.22. The minimum absolute atomic E-state index is 0.0452. The van der Waals surface area contributed by atoms with E-state index in [1.165, 1.54) is 31.2 Å². The van der Waals surface area contributed by atoms with Crippen molar-refractivity contribution in [3.05, 3.63) is 42.1 Å². The second kappa shape index (κ2) is 7.35. The number of ether oxygens (including phenoxy) is 1. The van der Waals surface area contributed by atoms with E-state index in [1.807, 2.05) is 0 Å². The van der Waals surface area contributed by atoms with Crippen molar-refractivity contribution < 1.29 is 27.5 Å². The van der Waals surface area contributed by atoms with Gasteiger partial charge in [-0.15, -0.1) is 0 Å². The number of hydrogen-bond acceptors (Lipinski definition) is 6. The molecule has 0 saturated carbocycles. The highest BCUT2D eigenvalue weighted by atomic mass is 32.2. The van der Waals surface area contributed by atoms with Gasteiger partial charge in [-0.2, -0.15) is 4.31 Å². The zero-order valence-electron chi connectivity index (χ0n) is 13.3. The molecule has 0 spiro atoms. The maximum Gasteiger partial charge on any atom is 0.425 e. The molecule has 0 bridgehead atoms. The molecule has 0 aliphatic heterocycles. The number of aromatic nitrogens is 1. The van der Waals surface area contributed by atoms with Gasteiger partial charge in [-0.1, -0.05) is 0 Å². The van der Waals surface area contributed by atoms with E-state index in [0.29, 0.717) is 29.0 Å². The predicted molar refractivity (Wildman–Crippen MR) is 86.8 cm³/mol. The summed E-state index contributed by atoms with van der Waals surface area (Å²) >= 11 is 0. The first-order valence-electron chi connectivity index (χ1n) is 7.23. The Morgan fingerprint density at radius 2 is 2.00 bits per heavy atom. The lowest BCUT2D eigenvalue weighted by atomic mass is 10.3. The zero-order chi connectivity index (χ0) is 17.7. The molecule has 24 heavy (non-hydrogen) atoms. The van der Waals surface area contributed by atoms with Gasteiger partial charge >= 0.3 is 6.09 Å². The summed E-state index contributed by atoms with van der Waals surface area (Å²) in [7, 11) is -3.90. The van der Waals surface area contributed by atoms with Crippen molar-refractivity contribution in [1.29, 1.82) is 0 Å². The Morgan fingerprint density at radius 3 is 2.50 bits per heavy atom. The summed E-state index contributed by atoms with van der Waals surface area (Å²) in [6, 6.07) is 5.81. The topological polar surface area (TPSA) is 110 Å². The number of amides is 1. The molecule has 0 aliphatic rings. The second-order valence-corrected chi connectivity index (χ2v) is 7.00. The summed E-state index contributed by atoms with van der Waals surface area (Å²) in [6.07, 6.45) is 0.569. The first-order chi connectivity index (χ1) is 11.3. The van der Waals surface area contributed by atoms with Gasteiger partial charge in [-0.05, 0) is 31.2 Å². The number of carbonyl (C=O) groups is 1. The number of sulfonamides is 1. The third kappa shape index (κ3) is 4.25. The third-order valence-electron chi connectivity index (χ3n) is 3.18. The summed E-state index contributed by atoms with van der Waals surface area (Å²) in [5.41, 5.74) is 0.819. The fraction of sp³-hybridized carbons (Fsp3) is 0.333. The van der Waals surface area contributed by atoms with E-state index in [0.717, 1.165) is 5.69 Å². The van der Waals surface area contributed by atoms with E-state index in [2.05, 4.69) is 4.98 Å². The molecule has 0 radical (unpaired) electrons. The van der Waals surface area contributed by atoms with E-state index >= 15 is 0 Å². The fourth-order valence-corrected chi connectivity index (χ4v) is 2.93. The average Bonchev–Trinajstić information content (AvgIpc) is 2.94. The molecule has 0 atom stereocenters. The molecule has 1 aromatic heterocycles. The Kier molecular flexibility index (Phi) is 5.45. The highest BCUT2D eigenvalue weighted by Gasteiger charge is 2.27. The fourth-order valence-electron chi connectivity index (χ4n) is 1.99. The predicted octanol–water partition coefficient (Wildman–Crippen LogP) is 2.44. The lowest BCUT2D eigenvalue weighted by Crippen LogP contribution is -2.36. The molecule has 2 rings (SSSR count). The van der Waals surface area contributed by atoms with Gasteiger partial charge in [0.1, 0.15) is 12.0 Å². The maximum atomic E-state index is 11.9. The summed E-state index contributed by atoms with van der Waals surface area (Å²) in [4.78, 5) is 15.4. The van der Waals surface area contributed by atoms with Crippen LogP contribution in [0.3, 0.4) is 0 Å². The lowest BCUT2D eigenvalue weighted by molar-refractivity contribution is 0.206. The number of carboxylic acid groups (broad SMARTS) is 1. The van der Waals surface area contributed by atoms with Crippen LogP contribution in [0.4, 0.5) is 10.5 Å². The van der Waals surface area contributed by atoms with Gasteiger partial charge in [0.15, 0.2) is 5.89 Å². The van der Waals surface area contributed by atoms with Crippen LogP contribution in [0, 0.1) is 6.92 Å². The molecular weight excluding hydrogens is 336 g/mol. The molecule has 0 unspecified atom stereocenters. The van der Waals surface area contributed by atoms with Gasteiger partial charge in [0.2, 0.25) is 10.0 Å². The minimum atomic E-state index is -3.90. The van der Waals surface area contributed by atoms with Crippen molar-refractivity contribution in [2.75, 3.05) is 16.7 Å². The van der Waals surface area contributed by atoms with Gasteiger partial charge in [-0.3, -0.25) is 0 Å². The molecule has 0 saturated heterocycles. The van der Waals surface area contributed by atoms with Gasteiger partial charge in [0.05, 0.1) is 23.7 Å². The summed E-state index contributed by atoms with van der Waals surface area (Å²) in [6.45, 7) is 3.50. The summed E-state index contributed by atoms with van der Waals surface area (Å²) in [5, 5.41) is 9.13. The number of nitrogens with zero attached hydrogens (tertiary/aromatic N) is 2. The molecule has 130 valence electrons. The van der Waals surface area contributed by atoms with Crippen LogP contribution in [0.15, 0.2) is 34.9 Å². The Labute approximate surface area is 139 Å². The molecule has 9 heteroatoms. The first kappa shape index (κ1) is 17.8. The Morgan fingerprint density at radius 1 is 1.33 bits per heavy atom. The van der Waals surface area contributed by atoms with Crippen molar-refractivity contribution in [2.24, 2.45) is 0 Å². The van der Waals surface area contributed by atoms with Crippen molar-refractivity contribution in [1.82, 2.24) is 4.98 Å². The molecule has 1 amide bonds. The molecule has 1 N–H and O–H groups in total. The summed E-state index contributed by atoms with van der Waals surface area (Å²) in [5.74, 6) is 0.771. The van der Waals surface area contributed by atoms with E-state index in [-0.39, 0.29) is 11.4 Å². The molecule has 1 aromatic carbocycles. The Balaban J connectivity index is 2.02. The zero-order valence-corrected chi connectivity index (χ0v) is 14.1. The summed E-state index contributed by atoms with van der Waals surface area (Å²) < 4.78 is 34.7. The van der Waals surface area contributed by atoms with Crippen molar-refractivity contribution in [3.63, 3.8) is 0 Å². The molecular formula is C15H18N2O6S. The largest absolute Gasteiger partial charge is 0.493 e. The van der Waals surface area contributed by atoms with Crippen LogP contribution in [0.5, 0.6) is 5.75 Å². The van der Waals surface area contributed by atoms with Crippen LogP contribution in [0.2, 0.25) is 0 Å². The number of oxazole rings is 1. The van der Waals surface area contributed by atoms with Gasteiger partial charge in [0.25, 0.3) is 0 Å². The molecule has 0 aliphatic carbocycles. The Bertz CT molecular complexity index is 798. The number of rotatable bonds is 7. The number of hydrogen-bond donors (Lipinski definition) is 1. The third-order valence-corrected chi connectivity index (χ3v) is 4.83. The molecule has 1 heterocycles. The van der Waals surface area contributed by atoms with Gasteiger partial charge < -0.3 is 14.3 Å². The van der Waals surface area contributed by atoms with E-state index in [9.17, 15) is 13.2 Å². The van der Waals surface area contributed by atoms with Gasteiger partial charge in [0, 0.05) is 13.3 Å². The number of anilines is 1. The van der Waals surface area contributed by atoms with Crippen LogP contribution in [-0.4, -0.2) is 37.0 Å². The van der Waals surface area contributed by atoms with Crippen molar-refractivity contribution >= 4 is 21.8 Å². The van der Waals surface area contributed by atoms with Crippen molar-refractivity contribution in [2.45, 2.75) is 20.3 Å². The lowest BCUT2D eigenvalue weighted by Gasteiger charge is -2.18. The average molecular weight is 354 g/mol. The normalized spacial score (nSPS) is 11.2. The van der Waals surface area contributed by atoms with Gasteiger partial charge in [-0.25, -0.2) is 18.2 Å². The van der Waals surface area contributed by atoms with Crippen LogP contribution in [0.1, 0.15) is 18.5 Å². The maximum absolute atomic E-state index is 11.9. The quantitative estimate of drug-likeness (QED) is 0.813. The minimum Gasteiger partial charge on any atom is -0.493 e. The highest BCUT2D eigenvalue weighted by molar-refractivity contribution is 7.93. The van der Waals surface area contributed by atoms with E-state index < -0.39 is 16.1 Å². The molecule has 2 aromatic rings. The SMILES string of the molecule is CCS(=O)(=O)N(C(=O)O)c1ccc(OCCc2coc(C)n2)cc1. The van der Waals surface area contributed by atoms with Crippen LogP contribution in [-0.2, 0) is 16.4 Å². The van der Waals surface area contributed by atoms with Crippen molar-refractivity contribution in [3.8, 4) is 5.75 Å². The number of benzene rings is 1. The molecule has 8 nitrogen and oxygen atoms in total. The second-order valence-electron chi connectivity index (χ2n) is 4.90. The molecule has 0 fully saturated rings. The van der Waals surface area contributed by atoms with Crippen LogP contribution in [0.25, 0.3) is 0 Å².